The number of amides is 1. The van der Waals surface area contributed by atoms with E-state index < -0.39 is 14.8 Å². The number of anilines is 1. The lowest BCUT2D eigenvalue weighted by atomic mass is 10.0. The van der Waals surface area contributed by atoms with Crippen molar-refractivity contribution in [3.8, 4) is 0 Å². The summed E-state index contributed by atoms with van der Waals surface area (Å²) in [5.41, 5.74) is 2.22. The van der Waals surface area contributed by atoms with Crippen molar-refractivity contribution in [2.45, 2.75) is 17.7 Å². The number of hydrogen-bond donors (Lipinski definition) is 0. The third-order valence-electron chi connectivity index (χ3n) is 4.39. The van der Waals surface area contributed by atoms with Gasteiger partial charge in [-0.3, -0.25) is 14.9 Å². The number of nitro benzene ring substituents is 1. The standard InChI is InChI=1S/C19H18N2O5S/c1-27(25,26)17-9-10-18-15(13-17)3-2-12-20(18)19(22)11-6-14-4-7-16(8-5-14)21(23)24/h4-11,13H,2-3,12H2,1H3. The molecule has 0 spiro atoms. The molecular weight excluding hydrogens is 368 g/mol. The van der Waals surface area contributed by atoms with Gasteiger partial charge in [0, 0.05) is 36.7 Å². The van der Waals surface area contributed by atoms with Gasteiger partial charge < -0.3 is 4.90 Å². The molecule has 140 valence electrons. The molecule has 7 nitrogen and oxygen atoms in total. The van der Waals surface area contributed by atoms with Crippen LogP contribution in [0.5, 0.6) is 0 Å². The second-order valence-corrected chi connectivity index (χ2v) is 8.35. The molecule has 1 aliphatic rings. The number of fused-ring (bicyclic) bond motifs is 1. The third-order valence-corrected chi connectivity index (χ3v) is 5.50. The van der Waals surface area contributed by atoms with Gasteiger partial charge in [-0.15, -0.1) is 0 Å². The zero-order valence-corrected chi connectivity index (χ0v) is 15.5. The Morgan fingerprint density at radius 2 is 1.89 bits per heavy atom. The van der Waals surface area contributed by atoms with Crippen molar-refractivity contribution in [2.24, 2.45) is 0 Å². The summed E-state index contributed by atoms with van der Waals surface area (Å²) in [6.07, 6.45) is 5.64. The molecule has 1 heterocycles. The summed E-state index contributed by atoms with van der Waals surface area (Å²) in [5, 5.41) is 10.7. The van der Waals surface area contributed by atoms with E-state index in [1.807, 2.05) is 0 Å². The molecule has 0 radical (unpaired) electrons. The van der Waals surface area contributed by atoms with Gasteiger partial charge >= 0.3 is 0 Å². The smallest absolute Gasteiger partial charge is 0.269 e. The summed E-state index contributed by atoms with van der Waals surface area (Å²) >= 11 is 0. The lowest BCUT2D eigenvalue weighted by Gasteiger charge is -2.29. The minimum Gasteiger partial charge on any atom is -0.309 e. The van der Waals surface area contributed by atoms with Crippen LogP contribution >= 0.6 is 0 Å². The summed E-state index contributed by atoms with van der Waals surface area (Å²) in [4.78, 5) is 24.7. The summed E-state index contributed by atoms with van der Waals surface area (Å²) in [5.74, 6) is -0.221. The van der Waals surface area contributed by atoms with Gasteiger partial charge in [-0.25, -0.2) is 8.42 Å². The Kier molecular flexibility index (Phi) is 5.09. The van der Waals surface area contributed by atoms with Gasteiger partial charge in [-0.05, 0) is 60.4 Å². The molecule has 1 amide bonds. The number of carbonyl (C=O) groups excluding carboxylic acids is 1. The topological polar surface area (TPSA) is 97.6 Å². The molecule has 0 atom stereocenters. The average molecular weight is 386 g/mol. The van der Waals surface area contributed by atoms with E-state index in [1.165, 1.54) is 24.3 Å². The first-order chi connectivity index (χ1) is 12.8. The fourth-order valence-corrected chi connectivity index (χ4v) is 3.67. The largest absolute Gasteiger partial charge is 0.309 e. The van der Waals surface area contributed by atoms with Crippen LogP contribution in [0.25, 0.3) is 6.08 Å². The maximum absolute atomic E-state index is 12.6. The normalized spacial score (nSPS) is 14.2. The van der Waals surface area contributed by atoms with Crippen molar-refractivity contribution in [1.29, 1.82) is 0 Å². The molecule has 3 rings (SSSR count). The Labute approximate surface area is 157 Å². The Balaban J connectivity index is 1.81. The molecule has 8 heteroatoms. The number of hydrogen-bond acceptors (Lipinski definition) is 5. The van der Waals surface area contributed by atoms with E-state index >= 15 is 0 Å². The first-order valence-corrected chi connectivity index (χ1v) is 10.2. The summed E-state index contributed by atoms with van der Waals surface area (Å²) in [6, 6.07) is 10.7. The number of sulfone groups is 1. The van der Waals surface area contributed by atoms with Crippen molar-refractivity contribution in [3.05, 3.63) is 69.8 Å². The number of non-ortho nitro benzene ring substituents is 1. The number of nitro groups is 1. The highest BCUT2D eigenvalue weighted by molar-refractivity contribution is 7.90. The SMILES string of the molecule is CS(=O)(=O)c1ccc2c(c1)CCCN2C(=O)C=Cc1ccc([N+](=O)[O-])cc1. The molecule has 0 aromatic heterocycles. The van der Waals surface area contributed by atoms with Crippen molar-refractivity contribution in [2.75, 3.05) is 17.7 Å². The van der Waals surface area contributed by atoms with Gasteiger partial charge in [-0.2, -0.15) is 0 Å². The van der Waals surface area contributed by atoms with Crippen LogP contribution in [0.1, 0.15) is 17.5 Å². The molecule has 0 N–H and O–H groups in total. The van der Waals surface area contributed by atoms with E-state index in [9.17, 15) is 23.3 Å². The molecule has 0 fully saturated rings. The fraction of sp³-hybridized carbons (Fsp3) is 0.211. The molecule has 0 unspecified atom stereocenters. The summed E-state index contributed by atoms with van der Waals surface area (Å²) < 4.78 is 23.5. The predicted octanol–water partition coefficient (Wildman–Crippen LogP) is 2.99. The van der Waals surface area contributed by atoms with E-state index in [-0.39, 0.29) is 16.5 Å². The van der Waals surface area contributed by atoms with Gasteiger partial charge in [-0.1, -0.05) is 0 Å². The van der Waals surface area contributed by atoms with Gasteiger partial charge in [0.1, 0.15) is 0 Å². The van der Waals surface area contributed by atoms with Crippen LogP contribution in [-0.4, -0.2) is 32.0 Å². The van der Waals surface area contributed by atoms with Gasteiger partial charge in [0.25, 0.3) is 11.6 Å². The number of carbonyl (C=O) groups is 1. The van der Waals surface area contributed by atoms with Crippen molar-refractivity contribution in [3.63, 3.8) is 0 Å². The molecule has 2 aromatic rings. The fourth-order valence-electron chi connectivity index (χ4n) is 3.00. The molecule has 0 saturated carbocycles. The Morgan fingerprint density at radius 3 is 2.52 bits per heavy atom. The summed E-state index contributed by atoms with van der Waals surface area (Å²) in [6.45, 7) is 0.550. The van der Waals surface area contributed by atoms with Crippen LogP contribution in [0.4, 0.5) is 11.4 Å². The summed E-state index contributed by atoms with van der Waals surface area (Å²) in [7, 11) is -3.30. The number of benzene rings is 2. The van der Waals surface area contributed by atoms with Crippen LogP contribution in [0.2, 0.25) is 0 Å². The van der Waals surface area contributed by atoms with E-state index in [0.717, 1.165) is 18.2 Å². The Hall–Kier alpha value is -3.00. The first-order valence-electron chi connectivity index (χ1n) is 8.33. The average Bonchev–Trinajstić information content (AvgIpc) is 2.64. The van der Waals surface area contributed by atoms with Crippen LogP contribution in [0, 0.1) is 10.1 Å². The molecular formula is C19H18N2O5S. The maximum Gasteiger partial charge on any atom is 0.269 e. The molecule has 0 aliphatic carbocycles. The highest BCUT2D eigenvalue weighted by atomic mass is 32.2. The highest BCUT2D eigenvalue weighted by Crippen LogP contribution is 2.29. The maximum atomic E-state index is 12.6. The number of aryl methyl sites for hydroxylation is 1. The van der Waals surface area contributed by atoms with Gasteiger partial charge in [0.15, 0.2) is 9.84 Å². The van der Waals surface area contributed by atoms with Crippen LogP contribution in [-0.2, 0) is 21.1 Å². The van der Waals surface area contributed by atoms with E-state index in [2.05, 4.69) is 0 Å². The first kappa shape index (κ1) is 18.8. The lowest BCUT2D eigenvalue weighted by molar-refractivity contribution is -0.384. The predicted molar refractivity (Wildman–Crippen MR) is 102 cm³/mol. The second kappa shape index (κ2) is 7.32. The zero-order valence-electron chi connectivity index (χ0n) is 14.7. The molecule has 1 aliphatic heterocycles. The van der Waals surface area contributed by atoms with Gasteiger partial charge in [0.05, 0.1) is 9.82 Å². The minimum absolute atomic E-state index is 0.00915. The van der Waals surface area contributed by atoms with Gasteiger partial charge in [0.2, 0.25) is 0 Å². The van der Waals surface area contributed by atoms with E-state index in [4.69, 9.17) is 0 Å². The minimum atomic E-state index is -3.30. The van der Waals surface area contributed by atoms with Crippen LogP contribution < -0.4 is 4.90 Å². The highest BCUT2D eigenvalue weighted by Gasteiger charge is 2.22. The van der Waals surface area contributed by atoms with E-state index in [0.29, 0.717) is 24.2 Å². The second-order valence-electron chi connectivity index (χ2n) is 6.34. The Morgan fingerprint density at radius 1 is 1.19 bits per heavy atom. The monoisotopic (exact) mass is 386 g/mol. The number of nitrogens with zero attached hydrogens (tertiary/aromatic N) is 2. The van der Waals surface area contributed by atoms with Crippen LogP contribution in [0.3, 0.4) is 0 Å². The lowest BCUT2D eigenvalue weighted by Crippen LogP contribution is -2.34. The van der Waals surface area contributed by atoms with Crippen LogP contribution in [0.15, 0.2) is 53.4 Å². The molecule has 0 saturated heterocycles. The molecule has 27 heavy (non-hydrogen) atoms. The van der Waals surface area contributed by atoms with Crippen molar-refractivity contribution >= 4 is 33.2 Å². The number of rotatable bonds is 4. The molecule has 0 bridgehead atoms. The zero-order chi connectivity index (χ0) is 19.6. The third kappa shape index (κ3) is 4.22. The quantitative estimate of drug-likeness (QED) is 0.457. The van der Waals surface area contributed by atoms with Crippen molar-refractivity contribution < 1.29 is 18.1 Å². The Bertz CT molecular complexity index is 1030. The molecule has 2 aromatic carbocycles. The van der Waals surface area contributed by atoms with Crippen molar-refractivity contribution in [1.82, 2.24) is 0 Å². The van der Waals surface area contributed by atoms with E-state index in [1.54, 1.807) is 35.2 Å².